The van der Waals surface area contributed by atoms with E-state index in [9.17, 15) is 0 Å². The fraction of sp³-hybridized carbons (Fsp3) is 0.286. The van der Waals surface area contributed by atoms with Crippen molar-refractivity contribution >= 4 is 37.6 Å². The molecule has 0 heterocycles. The molecule has 0 aliphatic heterocycles. The highest BCUT2D eigenvalue weighted by Crippen LogP contribution is 2.39. The third kappa shape index (κ3) is 3.18. The highest BCUT2D eigenvalue weighted by molar-refractivity contribution is 9.11. The van der Waals surface area contributed by atoms with Crippen molar-refractivity contribution in [3.05, 3.63) is 45.1 Å². The number of halogens is 2. The van der Waals surface area contributed by atoms with Gasteiger partial charge in [0.1, 0.15) is 11.5 Å². The first-order chi connectivity index (χ1) is 8.56. The summed E-state index contributed by atoms with van der Waals surface area (Å²) in [5.41, 5.74) is 2.00. The molecule has 1 aromatic rings. The zero-order valence-corrected chi connectivity index (χ0v) is 13.9. The van der Waals surface area contributed by atoms with E-state index in [1.165, 1.54) is 6.26 Å². The van der Waals surface area contributed by atoms with E-state index in [1.54, 1.807) is 7.11 Å². The van der Waals surface area contributed by atoms with E-state index in [0.717, 1.165) is 38.0 Å². The molecule has 0 aliphatic carbocycles. The molecule has 4 heteroatoms. The zero-order valence-electron chi connectivity index (χ0n) is 10.7. The van der Waals surface area contributed by atoms with Crippen molar-refractivity contribution in [2.75, 3.05) is 7.11 Å². The molecular formula is C14H16Br2O2. The van der Waals surface area contributed by atoms with Crippen LogP contribution in [-0.2, 0) is 4.74 Å². The molecule has 0 atom stereocenters. The van der Waals surface area contributed by atoms with E-state index >= 15 is 0 Å². The Bertz CT molecular complexity index is 479. The summed E-state index contributed by atoms with van der Waals surface area (Å²) in [7, 11) is 1.67. The van der Waals surface area contributed by atoms with Crippen molar-refractivity contribution in [1.29, 1.82) is 0 Å². The molecular weight excluding hydrogens is 360 g/mol. The molecule has 2 nitrogen and oxygen atoms in total. The molecule has 0 N–H and O–H groups in total. The number of rotatable bonds is 5. The maximum atomic E-state index is 5.42. The SMILES string of the molecule is C=COc1c(Br)cc(/C(=C/CC)OC)c(Br)c1C. The molecule has 0 fully saturated rings. The molecule has 0 spiro atoms. The van der Waals surface area contributed by atoms with Crippen molar-refractivity contribution in [2.45, 2.75) is 20.3 Å². The highest BCUT2D eigenvalue weighted by Gasteiger charge is 2.16. The predicted molar refractivity (Wildman–Crippen MR) is 82.7 cm³/mol. The predicted octanol–water partition coefficient (Wildman–Crippen LogP) is 5.44. The molecule has 98 valence electrons. The van der Waals surface area contributed by atoms with Crippen LogP contribution in [0.2, 0.25) is 0 Å². The van der Waals surface area contributed by atoms with Crippen LogP contribution in [0.3, 0.4) is 0 Å². The van der Waals surface area contributed by atoms with E-state index in [0.29, 0.717) is 0 Å². The number of hydrogen-bond acceptors (Lipinski definition) is 2. The first-order valence-corrected chi connectivity index (χ1v) is 7.16. The van der Waals surface area contributed by atoms with Gasteiger partial charge in [-0.3, -0.25) is 0 Å². The quantitative estimate of drug-likeness (QED) is 0.638. The maximum absolute atomic E-state index is 5.42. The third-order valence-electron chi connectivity index (χ3n) is 2.47. The van der Waals surface area contributed by atoms with Gasteiger partial charge in [0.2, 0.25) is 0 Å². The highest BCUT2D eigenvalue weighted by atomic mass is 79.9. The van der Waals surface area contributed by atoms with Gasteiger partial charge in [0.25, 0.3) is 0 Å². The Kier molecular flexibility index (Phi) is 5.96. The Morgan fingerprint density at radius 3 is 2.61 bits per heavy atom. The van der Waals surface area contributed by atoms with Gasteiger partial charge in [-0.25, -0.2) is 0 Å². The smallest absolute Gasteiger partial charge is 0.144 e. The van der Waals surface area contributed by atoms with E-state index < -0.39 is 0 Å². The summed E-state index contributed by atoms with van der Waals surface area (Å²) in [6, 6.07) is 1.97. The second kappa shape index (κ2) is 7.00. The maximum Gasteiger partial charge on any atom is 0.144 e. The van der Waals surface area contributed by atoms with Gasteiger partial charge in [0, 0.05) is 15.6 Å². The fourth-order valence-corrected chi connectivity index (χ4v) is 2.74. The third-order valence-corrected chi connectivity index (χ3v) is 4.08. The van der Waals surface area contributed by atoms with Crippen LogP contribution >= 0.6 is 31.9 Å². The molecule has 1 rings (SSSR count). The normalized spacial score (nSPS) is 11.3. The molecule has 0 aliphatic rings. The summed E-state index contributed by atoms with van der Waals surface area (Å²) < 4.78 is 12.7. The Balaban J connectivity index is 3.41. The van der Waals surface area contributed by atoms with Gasteiger partial charge in [0.05, 0.1) is 17.8 Å². The van der Waals surface area contributed by atoms with Gasteiger partial charge in [-0.05, 0) is 57.3 Å². The van der Waals surface area contributed by atoms with E-state index in [-0.39, 0.29) is 0 Å². The van der Waals surface area contributed by atoms with Crippen molar-refractivity contribution in [2.24, 2.45) is 0 Å². The van der Waals surface area contributed by atoms with Crippen molar-refractivity contribution in [3.63, 3.8) is 0 Å². The molecule has 0 bridgehead atoms. The minimum absolute atomic E-state index is 0.757. The van der Waals surface area contributed by atoms with Crippen LogP contribution in [0, 0.1) is 6.92 Å². The topological polar surface area (TPSA) is 18.5 Å². The summed E-state index contributed by atoms with van der Waals surface area (Å²) >= 11 is 7.10. The fourth-order valence-electron chi connectivity index (χ4n) is 1.63. The average molecular weight is 376 g/mol. The first kappa shape index (κ1) is 15.3. The van der Waals surface area contributed by atoms with E-state index in [2.05, 4.69) is 45.4 Å². The second-order valence-electron chi connectivity index (χ2n) is 3.64. The summed E-state index contributed by atoms with van der Waals surface area (Å²) in [4.78, 5) is 0. The number of hydrogen-bond donors (Lipinski definition) is 0. The van der Waals surface area contributed by atoms with E-state index in [4.69, 9.17) is 9.47 Å². The minimum Gasteiger partial charge on any atom is -0.496 e. The van der Waals surface area contributed by atoms with Gasteiger partial charge >= 0.3 is 0 Å². The Morgan fingerprint density at radius 1 is 1.44 bits per heavy atom. The molecule has 0 saturated carbocycles. The lowest BCUT2D eigenvalue weighted by atomic mass is 10.1. The summed E-state index contributed by atoms with van der Waals surface area (Å²) in [6.07, 6.45) is 4.37. The van der Waals surface area contributed by atoms with Gasteiger partial charge < -0.3 is 9.47 Å². The summed E-state index contributed by atoms with van der Waals surface area (Å²) in [5, 5.41) is 0. The van der Waals surface area contributed by atoms with Crippen LogP contribution in [0.1, 0.15) is 24.5 Å². The van der Waals surface area contributed by atoms with Crippen molar-refractivity contribution in [3.8, 4) is 5.75 Å². The number of benzene rings is 1. The number of methoxy groups -OCH3 is 1. The lowest BCUT2D eigenvalue weighted by Crippen LogP contribution is -1.96. The van der Waals surface area contributed by atoms with Crippen LogP contribution in [0.4, 0.5) is 0 Å². The van der Waals surface area contributed by atoms with Crippen molar-refractivity contribution < 1.29 is 9.47 Å². The molecule has 0 unspecified atom stereocenters. The summed E-state index contributed by atoms with van der Waals surface area (Å²) in [5.74, 6) is 1.60. The molecule has 18 heavy (non-hydrogen) atoms. The van der Waals surface area contributed by atoms with Crippen LogP contribution < -0.4 is 4.74 Å². The monoisotopic (exact) mass is 374 g/mol. The van der Waals surface area contributed by atoms with Crippen LogP contribution in [0.5, 0.6) is 5.75 Å². The number of allylic oxidation sites excluding steroid dienone is 1. The molecule has 0 radical (unpaired) electrons. The Hall–Kier alpha value is -0.740. The van der Waals surface area contributed by atoms with Crippen LogP contribution in [-0.4, -0.2) is 7.11 Å². The van der Waals surface area contributed by atoms with Gasteiger partial charge in [-0.15, -0.1) is 0 Å². The lowest BCUT2D eigenvalue weighted by Gasteiger charge is -2.15. The van der Waals surface area contributed by atoms with Crippen molar-refractivity contribution in [1.82, 2.24) is 0 Å². The van der Waals surface area contributed by atoms with Crippen LogP contribution in [0.15, 0.2) is 33.9 Å². The minimum atomic E-state index is 0.757. The number of ether oxygens (including phenoxy) is 2. The van der Waals surface area contributed by atoms with E-state index in [1.807, 2.05) is 19.1 Å². The Labute approximate surface area is 125 Å². The van der Waals surface area contributed by atoms with Gasteiger partial charge in [0.15, 0.2) is 0 Å². The summed E-state index contributed by atoms with van der Waals surface area (Å²) in [6.45, 7) is 7.63. The lowest BCUT2D eigenvalue weighted by molar-refractivity contribution is 0.368. The molecule has 0 saturated heterocycles. The average Bonchev–Trinajstić information content (AvgIpc) is 2.36. The standard InChI is InChI=1S/C14H16Br2O2/c1-5-7-12(17-4)10-8-11(15)14(18-6-2)9(3)13(10)16/h6-8H,2,5H2,1,3-4H3/b12-7-. The second-order valence-corrected chi connectivity index (χ2v) is 5.29. The largest absolute Gasteiger partial charge is 0.496 e. The molecule has 0 amide bonds. The molecule has 1 aromatic carbocycles. The molecule has 0 aromatic heterocycles. The Morgan fingerprint density at radius 2 is 2.11 bits per heavy atom. The first-order valence-electron chi connectivity index (χ1n) is 5.57. The zero-order chi connectivity index (χ0) is 13.7. The van der Waals surface area contributed by atoms with Crippen LogP contribution in [0.25, 0.3) is 5.76 Å². The van der Waals surface area contributed by atoms with Gasteiger partial charge in [-0.1, -0.05) is 13.5 Å². The van der Waals surface area contributed by atoms with Gasteiger partial charge in [-0.2, -0.15) is 0 Å².